The lowest BCUT2D eigenvalue weighted by Crippen LogP contribution is -2.14. The molecule has 0 unspecified atom stereocenters. The van der Waals surface area contributed by atoms with Gasteiger partial charge in [-0.3, -0.25) is 0 Å². The number of hydrogen-bond donors (Lipinski definition) is 1. The van der Waals surface area contributed by atoms with Gasteiger partial charge in [-0.2, -0.15) is 0 Å². The molecule has 0 atom stereocenters. The molecule has 0 radical (unpaired) electrons. The molecule has 4 heteroatoms. The van der Waals surface area contributed by atoms with Crippen LogP contribution in [0, 0.1) is 12.3 Å². The van der Waals surface area contributed by atoms with Crippen LogP contribution in [0.3, 0.4) is 0 Å². The van der Waals surface area contributed by atoms with Gasteiger partial charge in [0.15, 0.2) is 0 Å². The van der Waals surface area contributed by atoms with Crippen LogP contribution in [0.2, 0.25) is 0 Å². The standard InChI is InChI=1S/C12H19NO2S/c1-9-5-6-11(16(13,14)15)7-10(9)8-12(2,3)4/h5-7H,8H2,1-4H3,(H2,13,14,15). The highest BCUT2D eigenvalue weighted by atomic mass is 32.2. The van der Waals surface area contributed by atoms with E-state index in [0.717, 1.165) is 17.5 Å². The summed E-state index contributed by atoms with van der Waals surface area (Å²) in [6, 6.07) is 5.04. The SMILES string of the molecule is Cc1ccc(S(N)(=O)=O)cc1CC(C)(C)C. The lowest BCUT2D eigenvalue weighted by molar-refractivity contribution is 0.410. The van der Waals surface area contributed by atoms with E-state index >= 15 is 0 Å². The van der Waals surface area contributed by atoms with Crippen LogP contribution in [-0.4, -0.2) is 8.42 Å². The Morgan fingerprint density at radius 1 is 1.25 bits per heavy atom. The normalized spacial score (nSPS) is 12.8. The minimum Gasteiger partial charge on any atom is -0.225 e. The maximum atomic E-state index is 11.2. The van der Waals surface area contributed by atoms with Gasteiger partial charge >= 0.3 is 0 Å². The van der Waals surface area contributed by atoms with Crippen molar-refractivity contribution in [3.05, 3.63) is 29.3 Å². The van der Waals surface area contributed by atoms with E-state index in [2.05, 4.69) is 20.8 Å². The molecular formula is C12H19NO2S. The highest BCUT2D eigenvalue weighted by Crippen LogP contribution is 2.24. The Balaban J connectivity index is 3.20. The van der Waals surface area contributed by atoms with Crippen LogP contribution < -0.4 is 5.14 Å². The van der Waals surface area contributed by atoms with Crippen molar-refractivity contribution in [3.63, 3.8) is 0 Å². The van der Waals surface area contributed by atoms with Crippen LogP contribution in [0.5, 0.6) is 0 Å². The first kappa shape index (κ1) is 13.2. The van der Waals surface area contributed by atoms with Crippen LogP contribution in [0.15, 0.2) is 23.1 Å². The minimum atomic E-state index is -3.60. The van der Waals surface area contributed by atoms with Gasteiger partial charge in [0.25, 0.3) is 0 Å². The minimum absolute atomic E-state index is 0.127. The Kier molecular flexibility index (Phi) is 3.45. The smallest absolute Gasteiger partial charge is 0.225 e. The first-order valence-corrected chi connectivity index (χ1v) is 6.76. The third-order valence-electron chi connectivity index (χ3n) is 2.37. The van der Waals surface area contributed by atoms with Gasteiger partial charge < -0.3 is 0 Å². The Hall–Kier alpha value is -0.870. The van der Waals surface area contributed by atoms with E-state index in [-0.39, 0.29) is 10.3 Å². The molecule has 0 fully saturated rings. The molecule has 0 saturated carbocycles. The van der Waals surface area contributed by atoms with E-state index in [4.69, 9.17) is 5.14 Å². The van der Waals surface area contributed by atoms with Crippen molar-refractivity contribution in [2.75, 3.05) is 0 Å². The number of benzene rings is 1. The Bertz CT molecular complexity index is 484. The summed E-state index contributed by atoms with van der Waals surface area (Å²) in [4.78, 5) is 0.192. The summed E-state index contributed by atoms with van der Waals surface area (Å²) in [6.07, 6.45) is 0.836. The van der Waals surface area contributed by atoms with E-state index in [1.807, 2.05) is 6.92 Å². The van der Waals surface area contributed by atoms with Crippen molar-refractivity contribution in [3.8, 4) is 0 Å². The number of aryl methyl sites for hydroxylation is 1. The van der Waals surface area contributed by atoms with Gasteiger partial charge in [0.05, 0.1) is 4.90 Å². The molecule has 0 amide bonds. The van der Waals surface area contributed by atoms with Gasteiger partial charge in [0.2, 0.25) is 10.0 Å². The van der Waals surface area contributed by atoms with Gasteiger partial charge in [0, 0.05) is 0 Å². The average molecular weight is 241 g/mol. The largest absolute Gasteiger partial charge is 0.238 e. The lowest BCUT2D eigenvalue weighted by atomic mass is 9.86. The second-order valence-corrected chi connectivity index (χ2v) is 6.93. The van der Waals surface area contributed by atoms with Crippen LogP contribution in [0.4, 0.5) is 0 Å². The summed E-state index contributed by atoms with van der Waals surface area (Å²) in [5.74, 6) is 0. The first-order chi connectivity index (χ1) is 7.09. The first-order valence-electron chi connectivity index (χ1n) is 5.22. The predicted octanol–water partition coefficient (Wildman–Crippen LogP) is 2.23. The van der Waals surface area contributed by atoms with Crippen LogP contribution in [0.1, 0.15) is 31.9 Å². The topological polar surface area (TPSA) is 60.2 Å². The highest BCUT2D eigenvalue weighted by Gasteiger charge is 2.15. The summed E-state index contributed by atoms with van der Waals surface area (Å²) < 4.78 is 22.5. The number of primary sulfonamides is 1. The van der Waals surface area contributed by atoms with Gasteiger partial charge in [-0.15, -0.1) is 0 Å². The molecule has 3 nitrogen and oxygen atoms in total. The zero-order valence-corrected chi connectivity index (χ0v) is 11.1. The molecule has 0 aliphatic rings. The predicted molar refractivity (Wildman–Crippen MR) is 65.7 cm³/mol. The molecule has 2 N–H and O–H groups in total. The number of nitrogens with two attached hydrogens (primary N) is 1. The Morgan fingerprint density at radius 3 is 2.25 bits per heavy atom. The maximum Gasteiger partial charge on any atom is 0.238 e. The Labute approximate surface area is 97.7 Å². The van der Waals surface area contributed by atoms with Crippen LogP contribution >= 0.6 is 0 Å². The molecular weight excluding hydrogens is 222 g/mol. The average Bonchev–Trinajstić information content (AvgIpc) is 2.04. The molecule has 1 aromatic rings. The van der Waals surface area contributed by atoms with Crippen LogP contribution in [-0.2, 0) is 16.4 Å². The third kappa shape index (κ3) is 3.61. The van der Waals surface area contributed by atoms with Crippen molar-refractivity contribution in [1.29, 1.82) is 0 Å². The highest BCUT2D eigenvalue weighted by molar-refractivity contribution is 7.89. The quantitative estimate of drug-likeness (QED) is 0.863. The molecule has 0 aliphatic heterocycles. The number of sulfonamides is 1. The van der Waals surface area contributed by atoms with E-state index in [9.17, 15) is 8.42 Å². The molecule has 1 aromatic carbocycles. The van der Waals surface area contributed by atoms with Crippen molar-refractivity contribution in [2.45, 2.75) is 39.0 Å². The number of hydrogen-bond acceptors (Lipinski definition) is 2. The zero-order chi connectivity index (χ0) is 12.6. The zero-order valence-electron chi connectivity index (χ0n) is 10.2. The molecule has 0 saturated heterocycles. The lowest BCUT2D eigenvalue weighted by Gasteiger charge is -2.20. The molecule has 16 heavy (non-hydrogen) atoms. The van der Waals surface area contributed by atoms with Crippen molar-refractivity contribution < 1.29 is 8.42 Å². The van der Waals surface area contributed by atoms with E-state index in [0.29, 0.717) is 0 Å². The second kappa shape index (κ2) is 4.18. The fourth-order valence-corrected chi connectivity index (χ4v) is 2.15. The van der Waals surface area contributed by atoms with Gasteiger partial charge in [-0.25, -0.2) is 13.6 Å². The fourth-order valence-electron chi connectivity index (χ4n) is 1.59. The summed E-state index contributed by atoms with van der Waals surface area (Å²) in [7, 11) is -3.60. The van der Waals surface area contributed by atoms with Gasteiger partial charge in [-0.05, 0) is 42.0 Å². The summed E-state index contributed by atoms with van der Waals surface area (Å²) in [5, 5.41) is 5.11. The fraction of sp³-hybridized carbons (Fsp3) is 0.500. The summed E-state index contributed by atoms with van der Waals surface area (Å²) >= 11 is 0. The monoisotopic (exact) mass is 241 g/mol. The molecule has 0 bridgehead atoms. The van der Waals surface area contributed by atoms with Crippen molar-refractivity contribution in [1.82, 2.24) is 0 Å². The van der Waals surface area contributed by atoms with Crippen molar-refractivity contribution in [2.24, 2.45) is 10.6 Å². The van der Waals surface area contributed by atoms with E-state index in [1.165, 1.54) is 0 Å². The number of rotatable bonds is 2. The molecule has 0 aliphatic carbocycles. The molecule has 90 valence electrons. The van der Waals surface area contributed by atoms with Crippen LogP contribution in [0.25, 0.3) is 0 Å². The molecule has 0 spiro atoms. The third-order valence-corrected chi connectivity index (χ3v) is 3.28. The van der Waals surface area contributed by atoms with Crippen molar-refractivity contribution >= 4 is 10.0 Å². The summed E-state index contributed by atoms with van der Waals surface area (Å²) in [5.41, 5.74) is 2.27. The van der Waals surface area contributed by atoms with Gasteiger partial charge in [-0.1, -0.05) is 26.8 Å². The maximum absolute atomic E-state index is 11.2. The summed E-state index contributed by atoms with van der Waals surface area (Å²) in [6.45, 7) is 8.34. The molecule has 1 rings (SSSR count). The molecule has 0 aromatic heterocycles. The van der Waals surface area contributed by atoms with Gasteiger partial charge in [0.1, 0.15) is 0 Å². The van der Waals surface area contributed by atoms with E-state index in [1.54, 1.807) is 18.2 Å². The second-order valence-electron chi connectivity index (χ2n) is 5.37. The van der Waals surface area contributed by atoms with E-state index < -0.39 is 10.0 Å². The molecule has 0 heterocycles. The Morgan fingerprint density at radius 2 is 1.81 bits per heavy atom.